The van der Waals surface area contributed by atoms with E-state index in [0.717, 1.165) is 18.4 Å². The van der Waals surface area contributed by atoms with Crippen LogP contribution in [-0.2, 0) is 25.5 Å². The Bertz CT molecular complexity index is 871. The molecule has 2 aliphatic rings. The van der Waals surface area contributed by atoms with Gasteiger partial charge in [0.25, 0.3) is 0 Å². The Labute approximate surface area is 192 Å². The SMILES string of the molecule is CC(C)C[C@H](NC(=O)OC1(Cc2cccnc2)CC1)C(=O)N[C@@H](C[C@@H]1CCNC1=O)C(=O)O. The molecule has 1 saturated carbocycles. The van der Waals surface area contributed by atoms with Crippen LogP contribution in [0.2, 0.25) is 0 Å². The number of carbonyl (C=O) groups is 4. The van der Waals surface area contributed by atoms with Crippen molar-refractivity contribution in [1.82, 2.24) is 20.9 Å². The quantitative estimate of drug-likeness (QED) is 0.390. The number of nitrogens with one attached hydrogen (secondary N) is 3. The van der Waals surface area contributed by atoms with Gasteiger partial charge in [0.05, 0.1) is 0 Å². The first-order chi connectivity index (χ1) is 15.7. The molecule has 180 valence electrons. The van der Waals surface area contributed by atoms with E-state index in [1.165, 1.54) is 0 Å². The third-order valence-corrected chi connectivity index (χ3v) is 5.98. The maximum atomic E-state index is 12.9. The Hall–Kier alpha value is -3.17. The Kier molecular flexibility index (Phi) is 7.88. The number of ether oxygens (including phenoxy) is 1. The first kappa shape index (κ1) is 24.5. The number of carboxylic acid groups (broad SMARTS) is 1. The van der Waals surface area contributed by atoms with Crippen molar-refractivity contribution in [2.75, 3.05) is 6.54 Å². The number of nitrogens with zero attached hydrogens (tertiary/aromatic N) is 1. The molecule has 1 aromatic heterocycles. The molecule has 3 amide bonds. The Morgan fingerprint density at radius 1 is 1.27 bits per heavy atom. The van der Waals surface area contributed by atoms with Gasteiger partial charge in [-0.2, -0.15) is 0 Å². The van der Waals surface area contributed by atoms with E-state index in [1.807, 2.05) is 26.0 Å². The molecule has 1 aromatic rings. The highest BCUT2D eigenvalue weighted by Crippen LogP contribution is 2.42. The second kappa shape index (κ2) is 10.6. The predicted molar refractivity (Wildman–Crippen MR) is 118 cm³/mol. The minimum absolute atomic E-state index is 0.0000259. The van der Waals surface area contributed by atoms with Crippen molar-refractivity contribution in [3.8, 4) is 0 Å². The normalized spacial score (nSPS) is 20.5. The molecule has 4 N–H and O–H groups in total. The topological polar surface area (TPSA) is 147 Å². The Morgan fingerprint density at radius 2 is 2.03 bits per heavy atom. The molecule has 3 rings (SSSR count). The summed E-state index contributed by atoms with van der Waals surface area (Å²) < 4.78 is 5.66. The number of aliphatic carboxylic acids is 1. The summed E-state index contributed by atoms with van der Waals surface area (Å²) in [6.07, 6.45) is 5.52. The standard InChI is InChI=1S/C23H32N4O6/c1-14(2)10-17(20(29)26-18(21(30)31)11-16-5-9-25-19(16)28)27-22(32)33-23(6-7-23)12-15-4-3-8-24-13-15/h3-4,8,13-14,16-18H,5-7,9-12H2,1-2H3,(H,25,28)(H,26,29)(H,27,32)(H,30,31)/t16-,17-,18-/m0/s1. The van der Waals surface area contributed by atoms with Gasteiger partial charge in [-0.15, -0.1) is 0 Å². The third kappa shape index (κ3) is 7.16. The lowest BCUT2D eigenvalue weighted by molar-refractivity contribution is -0.143. The summed E-state index contributed by atoms with van der Waals surface area (Å²) >= 11 is 0. The summed E-state index contributed by atoms with van der Waals surface area (Å²) in [7, 11) is 0. The van der Waals surface area contributed by atoms with Crippen LogP contribution in [0.3, 0.4) is 0 Å². The number of carbonyl (C=O) groups excluding carboxylic acids is 3. The average Bonchev–Trinajstić information content (AvgIpc) is 3.37. The summed E-state index contributed by atoms with van der Waals surface area (Å²) in [5.41, 5.74) is 0.352. The molecule has 33 heavy (non-hydrogen) atoms. The van der Waals surface area contributed by atoms with Crippen LogP contribution in [0.1, 0.15) is 51.5 Å². The van der Waals surface area contributed by atoms with Crippen molar-refractivity contribution < 1.29 is 29.0 Å². The molecule has 0 unspecified atom stereocenters. The second-order valence-corrected chi connectivity index (χ2v) is 9.35. The van der Waals surface area contributed by atoms with Gasteiger partial charge in [0.2, 0.25) is 11.8 Å². The van der Waals surface area contributed by atoms with Gasteiger partial charge in [-0.25, -0.2) is 9.59 Å². The average molecular weight is 461 g/mol. The molecule has 10 nitrogen and oxygen atoms in total. The molecular formula is C23H32N4O6. The lowest BCUT2D eigenvalue weighted by Gasteiger charge is -2.24. The van der Waals surface area contributed by atoms with E-state index in [0.29, 0.717) is 25.8 Å². The molecule has 10 heteroatoms. The first-order valence-electron chi connectivity index (χ1n) is 11.4. The van der Waals surface area contributed by atoms with E-state index in [4.69, 9.17) is 4.74 Å². The number of aromatic nitrogens is 1. The van der Waals surface area contributed by atoms with E-state index in [-0.39, 0.29) is 18.2 Å². The molecule has 0 bridgehead atoms. The second-order valence-electron chi connectivity index (χ2n) is 9.35. The van der Waals surface area contributed by atoms with E-state index in [1.54, 1.807) is 12.4 Å². The van der Waals surface area contributed by atoms with Crippen molar-refractivity contribution in [3.63, 3.8) is 0 Å². The fourth-order valence-electron chi connectivity index (χ4n) is 4.05. The minimum atomic E-state index is -1.22. The maximum Gasteiger partial charge on any atom is 0.408 e. The number of rotatable bonds is 11. The van der Waals surface area contributed by atoms with Crippen molar-refractivity contribution in [1.29, 1.82) is 0 Å². The molecule has 0 spiro atoms. The molecular weight excluding hydrogens is 428 g/mol. The van der Waals surface area contributed by atoms with Crippen molar-refractivity contribution in [2.24, 2.45) is 11.8 Å². The summed E-state index contributed by atoms with van der Waals surface area (Å²) in [4.78, 5) is 53.1. The number of alkyl carbamates (subject to hydrolysis) is 1. The van der Waals surface area contributed by atoms with Gasteiger partial charge in [0, 0.05) is 31.3 Å². The van der Waals surface area contributed by atoms with Crippen molar-refractivity contribution in [2.45, 2.75) is 70.1 Å². The van der Waals surface area contributed by atoms with Gasteiger partial charge in [-0.05, 0) is 49.7 Å². The van der Waals surface area contributed by atoms with Gasteiger partial charge in [-0.3, -0.25) is 14.6 Å². The fraction of sp³-hybridized carbons (Fsp3) is 0.609. The number of pyridine rings is 1. The molecule has 2 fully saturated rings. The highest BCUT2D eigenvalue weighted by molar-refractivity contribution is 5.90. The van der Waals surface area contributed by atoms with E-state index in [9.17, 15) is 24.3 Å². The molecule has 2 heterocycles. The first-order valence-corrected chi connectivity index (χ1v) is 11.4. The summed E-state index contributed by atoms with van der Waals surface area (Å²) in [5, 5.41) is 17.3. The largest absolute Gasteiger partial charge is 0.480 e. The van der Waals surface area contributed by atoms with Crippen LogP contribution in [0.15, 0.2) is 24.5 Å². The number of hydrogen-bond acceptors (Lipinski definition) is 6. The Balaban J connectivity index is 1.59. The smallest absolute Gasteiger partial charge is 0.408 e. The third-order valence-electron chi connectivity index (χ3n) is 5.98. The molecule has 1 saturated heterocycles. The van der Waals surface area contributed by atoms with Gasteiger partial charge in [-0.1, -0.05) is 19.9 Å². The highest BCUT2D eigenvalue weighted by Gasteiger charge is 2.47. The van der Waals surface area contributed by atoms with E-state index >= 15 is 0 Å². The van der Waals surface area contributed by atoms with E-state index in [2.05, 4.69) is 20.9 Å². The number of carboxylic acids is 1. The Morgan fingerprint density at radius 3 is 2.58 bits per heavy atom. The fourth-order valence-corrected chi connectivity index (χ4v) is 4.05. The predicted octanol–water partition coefficient (Wildman–Crippen LogP) is 1.39. The molecule has 1 aliphatic carbocycles. The van der Waals surface area contributed by atoms with Crippen LogP contribution in [0.25, 0.3) is 0 Å². The zero-order valence-corrected chi connectivity index (χ0v) is 19.0. The van der Waals surface area contributed by atoms with Crippen LogP contribution >= 0.6 is 0 Å². The van der Waals surface area contributed by atoms with Crippen LogP contribution in [0.4, 0.5) is 4.79 Å². The van der Waals surface area contributed by atoms with Crippen molar-refractivity contribution >= 4 is 23.9 Å². The van der Waals surface area contributed by atoms with Gasteiger partial charge in [0.1, 0.15) is 17.7 Å². The van der Waals surface area contributed by atoms with Gasteiger partial charge < -0.3 is 25.8 Å². The van der Waals surface area contributed by atoms with Gasteiger partial charge in [0.15, 0.2) is 0 Å². The number of hydrogen-bond donors (Lipinski definition) is 4. The lowest BCUT2D eigenvalue weighted by atomic mass is 9.97. The molecule has 0 radical (unpaired) electrons. The lowest BCUT2D eigenvalue weighted by Crippen LogP contribution is -2.53. The van der Waals surface area contributed by atoms with E-state index < -0.39 is 41.6 Å². The molecule has 0 aromatic carbocycles. The van der Waals surface area contributed by atoms with Crippen molar-refractivity contribution in [3.05, 3.63) is 30.1 Å². The zero-order chi connectivity index (χ0) is 24.0. The summed E-state index contributed by atoms with van der Waals surface area (Å²) in [6.45, 7) is 4.29. The maximum absolute atomic E-state index is 12.9. The van der Waals surface area contributed by atoms with Gasteiger partial charge >= 0.3 is 12.1 Å². The molecule has 3 atom stereocenters. The monoisotopic (exact) mass is 460 g/mol. The summed E-state index contributed by atoms with van der Waals surface area (Å²) in [6, 6.07) is 1.56. The number of amides is 3. The van der Waals surface area contributed by atoms with Crippen LogP contribution in [-0.4, -0.2) is 58.2 Å². The highest BCUT2D eigenvalue weighted by atomic mass is 16.6. The molecule has 1 aliphatic heterocycles. The summed E-state index contributed by atoms with van der Waals surface area (Å²) in [5.74, 6) is -2.43. The van der Waals surface area contributed by atoms with Crippen LogP contribution in [0.5, 0.6) is 0 Å². The van der Waals surface area contributed by atoms with Crippen LogP contribution in [0, 0.1) is 11.8 Å². The van der Waals surface area contributed by atoms with Crippen LogP contribution < -0.4 is 16.0 Å². The minimum Gasteiger partial charge on any atom is -0.480 e. The zero-order valence-electron chi connectivity index (χ0n) is 19.0.